The molecule has 0 N–H and O–H groups in total. The maximum absolute atomic E-state index is 13.2. The summed E-state index contributed by atoms with van der Waals surface area (Å²) in [6.45, 7) is 0. The minimum atomic E-state index is -0.114. The monoisotopic (exact) mass is 415 g/mol. The number of carbonyl (C=O) groups is 2. The minimum absolute atomic E-state index is 0.0403. The van der Waals surface area contributed by atoms with Gasteiger partial charge in [-0.2, -0.15) is 0 Å². The van der Waals surface area contributed by atoms with E-state index in [2.05, 4.69) is 0 Å². The fourth-order valence-corrected chi connectivity index (χ4v) is 5.15. The van der Waals surface area contributed by atoms with Gasteiger partial charge in [0, 0.05) is 40.6 Å². The lowest BCUT2D eigenvalue weighted by Crippen LogP contribution is -2.40. The number of anilines is 1. The van der Waals surface area contributed by atoms with E-state index < -0.39 is 0 Å². The Morgan fingerprint density at radius 1 is 0.867 bits per heavy atom. The fourth-order valence-electron chi connectivity index (χ4n) is 4.31. The molecule has 1 amide bonds. The summed E-state index contributed by atoms with van der Waals surface area (Å²) in [4.78, 5) is 28.9. The third kappa shape index (κ3) is 3.46. The second-order valence-corrected chi connectivity index (χ2v) is 8.53. The quantitative estimate of drug-likeness (QED) is 0.520. The first-order valence-corrected chi connectivity index (χ1v) is 11.0. The molecule has 1 aromatic heterocycles. The van der Waals surface area contributed by atoms with Crippen molar-refractivity contribution >= 4 is 28.7 Å². The number of ether oxygens (including phenoxy) is 1. The van der Waals surface area contributed by atoms with Crippen LogP contribution in [0.25, 0.3) is 0 Å². The summed E-state index contributed by atoms with van der Waals surface area (Å²) in [7, 11) is 0. The van der Waals surface area contributed by atoms with Crippen molar-refractivity contribution in [1.82, 2.24) is 0 Å². The third-order valence-electron chi connectivity index (χ3n) is 5.64. The van der Waals surface area contributed by atoms with Crippen LogP contribution in [0.4, 0.5) is 5.69 Å². The van der Waals surface area contributed by atoms with Crippen molar-refractivity contribution in [2.75, 3.05) is 4.90 Å². The zero-order valence-electron chi connectivity index (χ0n) is 16.4. The molecule has 5 rings (SSSR count). The Morgan fingerprint density at radius 3 is 2.37 bits per heavy atom. The van der Waals surface area contributed by atoms with E-state index in [-0.39, 0.29) is 17.6 Å². The highest BCUT2D eigenvalue weighted by molar-refractivity contribution is 7.10. The van der Waals surface area contributed by atoms with E-state index in [1.165, 1.54) is 0 Å². The van der Waals surface area contributed by atoms with Gasteiger partial charge in [0.05, 0.1) is 0 Å². The average molecular weight is 416 g/mol. The highest BCUT2D eigenvalue weighted by atomic mass is 32.1. The molecule has 0 spiro atoms. The predicted molar refractivity (Wildman–Crippen MR) is 118 cm³/mol. The van der Waals surface area contributed by atoms with Gasteiger partial charge in [0.25, 0.3) is 0 Å². The Labute approximate surface area is 179 Å². The van der Waals surface area contributed by atoms with Gasteiger partial charge >= 0.3 is 0 Å². The summed E-state index contributed by atoms with van der Waals surface area (Å²) in [6, 6.07) is 21.1. The largest absolute Gasteiger partial charge is 0.457 e. The second-order valence-electron chi connectivity index (χ2n) is 7.55. The van der Waals surface area contributed by atoms with Gasteiger partial charge in [-0.25, -0.2) is 0 Å². The average Bonchev–Trinajstić information content (AvgIpc) is 3.30. The number of allylic oxidation sites excluding steroid dienone is 2. The minimum Gasteiger partial charge on any atom is -0.457 e. The van der Waals surface area contributed by atoms with Crippen LogP contribution in [0.5, 0.6) is 11.5 Å². The smallest absolute Gasteiger partial charge is 0.232 e. The van der Waals surface area contributed by atoms with E-state index in [9.17, 15) is 9.59 Å². The number of ketones is 1. The third-order valence-corrected chi connectivity index (χ3v) is 6.62. The Kier molecular flexibility index (Phi) is 4.97. The van der Waals surface area contributed by atoms with Crippen molar-refractivity contribution in [2.45, 2.75) is 31.6 Å². The van der Waals surface area contributed by atoms with Crippen LogP contribution < -0.4 is 9.64 Å². The first kappa shape index (κ1) is 18.8. The van der Waals surface area contributed by atoms with Crippen molar-refractivity contribution in [1.29, 1.82) is 0 Å². The van der Waals surface area contributed by atoms with Gasteiger partial charge in [-0.1, -0.05) is 24.3 Å². The number of nitrogens with zero attached hydrogens (tertiary/aromatic N) is 1. The molecule has 0 radical (unpaired) electrons. The summed E-state index contributed by atoms with van der Waals surface area (Å²) >= 11 is 1.62. The number of hydrogen-bond donors (Lipinski definition) is 0. The zero-order valence-corrected chi connectivity index (χ0v) is 17.2. The van der Waals surface area contributed by atoms with Crippen LogP contribution in [0.15, 0.2) is 83.4 Å². The molecule has 0 bridgehead atoms. The molecule has 2 aromatic carbocycles. The number of thiophene rings is 1. The normalized spacial score (nSPS) is 19.1. The van der Waals surface area contributed by atoms with E-state index >= 15 is 0 Å². The standard InChI is InChI=1S/C25H21NO3S/c27-22-9-4-8-21-25(22)20(23-10-5-15-30-23)16-24(28)26(21)17-11-13-19(14-12-17)29-18-6-2-1-3-7-18/h1-3,5-7,10-15,20H,4,8-9,16H2. The molecule has 1 aliphatic carbocycles. The van der Waals surface area contributed by atoms with Crippen LogP contribution in [-0.2, 0) is 9.59 Å². The summed E-state index contributed by atoms with van der Waals surface area (Å²) in [6.07, 6.45) is 2.42. The van der Waals surface area contributed by atoms with Gasteiger partial charge in [-0.05, 0) is 60.7 Å². The number of para-hydroxylation sites is 1. The van der Waals surface area contributed by atoms with Gasteiger partial charge in [0.1, 0.15) is 11.5 Å². The van der Waals surface area contributed by atoms with Crippen LogP contribution in [-0.4, -0.2) is 11.7 Å². The molecular weight excluding hydrogens is 394 g/mol. The van der Waals surface area contributed by atoms with E-state index in [0.29, 0.717) is 18.6 Å². The lowest BCUT2D eigenvalue weighted by Gasteiger charge is -2.38. The SMILES string of the molecule is O=C1CCCC2=C1C(c1cccs1)CC(=O)N2c1ccc(Oc2ccccc2)cc1. The van der Waals surface area contributed by atoms with Crippen molar-refractivity contribution in [3.05, 3.63) is 88.3 Å². The molecule has 30 heavy (non-hydrogen) atoms. The topological polar surface area (TPSA) is 46.6 Å². The molecule has 150 valence electrons. The highest BCUT2D eigenvalue weighted by Gasteiger charge is 2.40. The molecule has 4 nitrogen and oxygen atoms in total. The van der Waals surface area contributed by atoms with Gasteiger partial charge in [-0.3, -0.25) is 14.5 Å². The van der Waals surface area contributed by atoms with Crippen molar-refractivity contribution < 1.29 is 14.3 Å². The number of benzene rings is 2. The summed E-state index contributed by atoms with van der Waals surface area (Å²) in [5.41, 5.74) is 2.48. The van der Waals surface area contributed by atoms with Gasteiger partial charge in [0.15, 0.2) is 5.78 Å². The zero-order chi connectivity index (χ0) is 20.5. The maximum atomic E-state index is 13.2. The molecule has 0 saturated heterocycles. The first-order chi connectivity index (χ1) is 14.7. The molecule has 0 saturated carbocycles. The van der Waals surface area contributed by atoms with Crippen LogP contribution in [0, 0.1) is 0 Å². The molecule has 1 unspecified atom stereocenters. The fraction of sp³-hybridized carbons (Fsp3) is 0.200. The number of carbonyl (C=O) groups excluding carboxylic acids is 2. The number of amides is 1. The second kappa shape index (κ2) is 7.92. The van der Waals surface area contributed by atoms with E-state index in [4.69, 9.17) is 4.74 Å². The Balaban J connectivity index is 1.49. The Morgan fingerprint density at radius 2 is 1.63 bits per heavy atom. The van der Waals surface area contributed by atoms with E-state index in [0.717, 1.165) is 40.4 Å². The Hall–Kier alpha value is -3.18. The van der Waals surface area contributed by atoms with Crippen LogP contribution in [0.1, 0.15) is 36.5 Å². The molecule has 5 heteroatoms. The molecule has 0 fully saturated rings. The molecular formula is C25H21NO3S. The number of rotatable bonds is 4. The van der Waals surface area contributed by atoms with E-state index in [1.807, 2.05) is 72.1 Å². The first-order valence-electron chi connectivity index (χ1n) is 10.2. The molecule has 2 aliphatic rings. The maximum Gasteiger partial charge on any atom is 0.232 e. The number of Topliss-reactive ketones (excluding diaryl/α,β-unsaturated/α-hetero) is 1. The predicted octanol–water partition coefficient (Wildman–Crippen LogP) is 6.07. The van der Waals surface area contributed by atoms with Crippen molar-refractivity contribution in [3.63, 3.8) is 0 Å². The van der Waals surface area contributed by atoms with Crippen LogP contribution in [0.2, 0.25) is 0 Å². The van der Waals surface area contributed by atoms with Gasteiger partial charge < -0.3 is 4.74 Å². The van der Waals surface area contributed by atoms with Gasteiger partial charge in [0.2, 0.25) is 5.91 Å². The lowest BCUT2D eigenvalue weighted by atomic mass is 9.79. The van der Waals surface area contributed by atoms with E-state index in [1.54, 1.807) is 16.2 Å². The van der Waals surface area contributed by atoms with Crippen molar-refractivity contribution in [3.8, 4) is 11.5 Å². The summed E-state index contributed by atoms with van der Waals surface area (Å²) in [5, 5.41) is 2.01. The highest BCUT2D eigenvalue weighted by Crippen LogP contribution is 2.44. The molecule has 2 heterocycles. The van der Waals surface area contributed by atoms with Crippen LogP contribution in [0.3, 0.4) is 0 Å². The molecule has 1 aliphatic heterocycles. The summed E-state index contributed by atoms with van der Waals surface area (Å²) in [5.74, 6) is 1.58. The summed E-state index contributed by atoms with van der Waals surface area (Å²) < 4.78 is 5.87. The van der Waals surface area contributed by atoms with Gasteiger partial charge in [-0.15, -0.1) is 11.3 Å². The molecule has 3 aromatic rings. The lowest BCUT2D eigenvalue weighted by molar-refractivity contribution is -0.119. The van der Waals surface area contributed by atoms with Crippen LogP contribution >= 0.6 is 11.3 Å². The molecule has 1 atom stereocenters. The Bertz CT molecular complexity index is 1100. The van der Waals surface area contributed by atoms with Crippen molar-refractivity contribution in [2.24, 2.45) is 0 Å². The number of hydrogen-bond acceptors (Lipinski definition) is 4.